The fourth-order valence-electron chi connectivity index (χ4n) is 4.02. The minimum atomic E-state index is -0.307. The van der Waals surface area contributed by atoms with E-state index >= 15 is 0 Å². The topological polar surface area (TPSA) is 101 Å². The van der Waals surface area contributed by atoms with Crippen LogP contribution in [0, 0.1) is 0 Å². The standard InChI is InChI=1S/C25H44N6O2/c1-19(2)21-15-14-16-22(20(3)4)23(21)26-25(33)27-24-28-30-31(29-24)17-12-10-8-6-5-7-9-11-13-18-32/h14-16,19-20,30,32H,5-13,17-18H2,1-4H3,(H3,26,27,28,29,33). The molecule has 1 aromatic carbocycles. The number of urea groups is 1. The molecule has 0 unspecified atom stereocenters. The summed E-state index contributed by atoms with van der Waals surface area (Å²) in [7, 11) is 0. The molecule has 0 fully saturated rings. The number of aliphatic hydroxyl groups is 1. The first-order valence-corrected chi connectivity index (χ1v) is 12.6. The number of hydrazine groups is 2. The quantitative estimate of drug-likeness (QED) is 0.247. The SMILES string of the molecule is CC(C)c1cccc(C(C)C)c1NC(=O)NC1=NNN(CCCCCCCCCCCO)N1. The third kappa shape index (κ3) is 9.60. The highest BCUT2D eigenvalue weighted by Crippen LogP contribution is 2.32. The number of rotatable bonds is 14. The maximum atomic E-state index is 12.7. The smallest absolute Gasteiger partial charge is 0.326 e. The van der Waals surface area contributed by atoms with Crippen LogP contribution < -0.4 is 21.6 Å². The lowest BCUT2D eigenvalue weighted by Crippen LogP contribution is -2.48. The van der Waals surface area contributed by atoms with Crippen molar-refractivity contribution in [3.8, 4) is 0 Å². The van der Waals surface area contributed by atoms with Crippen LogP contribution in [0.2, 0.25) is 0 Å². The van der Waals surface area contributed by atoms with Gasteiger partial charge >= 0.3 is 6.03 Å². The average Bonchev–Trinajstić information content (AvgIpc) is 3.21. The Kier molecular flexibility index (Phi) is 12.0. The van der Waals surface area contributed by atoms with Crippen molar-refractivity contribution in [1.29, 1.82) is 0 Å². The summed E-state index contributed by atoms with van der Waals surface area (Å²) in [6.45, 7) is 9.65. The first-order chi connectivity index (χ1) is 15.9. The first kappa shape index (κ1) is 26.9. The number of carbonyl (C=O) groups excluding carboxylic acids is 1. The number of hydrogen-bond acceptors (Lipinski definition) is 6. The Morgan fingerprint density at radius 2 is 1.45 bits per heavy atom. The molecule has 186 valence electrons. The van der Waals surface area contributed by atoms with Crippen molar-refractivity contribution >= 4 is 17.7 Å². The molecule has 0 radical (unpaired) electrons. The molecule has 1 aromatic rings. The molecule has 0 aromatic heterocycles. The zero-order valence-electron chi connectivity index (χ0n) is 20.9. The Hall–Kier alpha value is -2.32. The van der Waals surface area contributed by atoms with Crippen LogP contribution in [-0.4, -0.2) is 35.4 Å². The number of benzene rings is 1. The third-order valence-corrected chi connectivity index (χ3v) is 5.91. The number of anilines is 1. The van der Waals surface area contributed by atoms with Crippen molar-refractivity contribution in [1.82, 2.24) is 21.4 Å². The zero-order valence-corrected chi connectivity index (χ0v) is 20.9. The average molecular weight is 461 g/mol. The Bertz CT molecular complexity index is 724. The lowest BCUT2D eigenvalue weighted by molar-refractivity contribution is 0.174. The number of hydrogen-bond donors (Lipinski definition) is 5. The van der Waals surface area contributed by atoms with Crippen LogP contribution in [0.1, 0.15) is 108 Å². The van der Waals surface area contributed by atoms with Crippen LogP contribution in [0.25, 0.3) is 0 Å². The summed E-state index contributed by atoms with van der Waals surface area (Å²) in [5, 5.41) is 20.6. The van der Waals surface area contributed by atoms with E-state index in [4.69, 9.17) is 5.11 Å². The molecule has 2 rings (SSSR count). The summed E-state index contributed by atoms with van der Waals surface area (Å²) in [5.74, 6) is 1.01. The molecule has 8 heteroatoms. The fourth-order valence-corrected chi connectivity index (χ4v) is 4.02. The van der Waals surface area contributed by atoms with Crippen molar-refractivity contribution in [3.63, 3.8) is 0 Å². The molecule has 2 amide bonds. The molecule has 5 N–H and O–H groups in total. The van der Waals surface area contributed by atoms with Gasteiger partial charge in [0.05, 0.1) is 0 Å². The minimum Gasteiger partial charge on any atom is -0.396 e. The summed E-state index contributed by atoms with van der Waals surface area (Å²) in [4.78, 5) is 12.7. The number of amides is 2. The number of para-hydroxylation sites is 1. The largest absolute Gasteiger partial charge is 0.396 e. The Morgan fingerprint density at radius 1 is 0.909 bits per heavy atom. The summed E-state index contributed by atoms with van der Waals surface area (Å²) in [5.41, 5.74) is 9.15. The first-order valence-electron chi connectivity index (χ1n) is 12.6. The Morgan fingerprint density at radius 3 is 2.00 bits per heavy atom. The molecule has 0 saturated heterocycles. The third-order valence-electron chi connectivity index (χ3n) is 5.91. The lowest BCUT2D eigenvalue weighted by atomic mass is 9.93. The number of unbranched alkanes of at least 4 members (excludes halogenated alkanes) is 8. The van der Waals surface area contributed by atoms with E-state index in [9.17, 15) is 4.79 Å². The van der Waals surface area contributed by atoms with E-state index in [-0.39, 0.29) is 6.03 Å². The summed E-state index contributed by atoms with van der Waals surface area (Å²) >= 11 is 0. The van der Waals surface area contributed by atoms with Gasteiger partial charge in [-0.05, 0) is 35.8 Å². The number of guanidine groups is 1. The van der Waals surface area contributed by atoms with Gasteiger partial charge in [0.15, 0.2) is 0 Å². The predicted octanol–water partition coefficient (Wildman–Crippen LogP) is 5.15. The van der Waals surface area contributed by atoms with Crippen molar-refractivity contribution in [2.45, 2.75) is 97.3 Å². The van der Waals surface area contributed by atoms with Crippen molar-refractivity contribution in [2.75, 3.05) is 18.5 Å². The second-order valence-corrected chi connectivity index (χ2v) is 9.43. The second-order valence-electron chi connectivity index (χ2n) is 9.43. The maximum absolute atomic E-state index is 12.7. The van der Waals surface area contributed by atoms with Crippen LogP contribution in [0.3, 0.4) is 0 Å². The van der Waals surface area contributed by atoms with E-state index in [1.165, 1.54) is 38.5 Å². The van der Waals surface area contributed by atoms with Gasteiger partial charge in [0, 0.05) is 18.8 Å². The van der Waals surface area contributed by atoms with Crippen LogP contribution in [0.4, 0.5) is 10.5 Å². The molecule has 1 aliphatic rings. The number of nitrogens with zero attached hydrogens (tertiary/aromatic N) is 2. The highest BCUT2D eigenvalue weighted by atomic mass is 16.3. The van der Waals surface area contributed by atoms with Crippen LogP contribution in [0.15, 0.2) is 23.3 Å². The van der Waals surface area contributed by atoms with Crippen molar-refractivity contribution in [3.05, 3.63) is 29.3 Å². The van der Waals surface area contributed by atoms with Crippen LogP contribution in [-0.2, 0) is 0 Å². The number of carbonyl (C=O) groups is 1. The molecule has 1 heterocycles. The fraction of sp³-hybridized carbons (Fsp3) is 0.680. The van der Waals surface area contributed by atoms with Gasteiger partial charge in [-0.15, -0.1) is 10.2 Å². The predicted molar refractivity (Wildman–Crippen MR) is 136 cm³/mol. The van der Waals surface area contributed by atoms with Crippen molar-refractivity contribution < 1.29 is 9.90 Å². The highest BCUT2D eigenvalue weighted by Gasteiger charge is 2.19. The molecule has 0 aliphatic carbocycles. The van der Waals surface area contributed by atoms with Gasteiger partial charge in [0.1, 0.15) is 0 Å². The molecule has 33 heavy (non-hydrogen) atoms. The molecule has 1 aliphatic heterocycles. The molecular formula is C25H44N6O2. The van der Waals surface area contributed by atoms with E-state index in [1.54, 1.807) is 5.12 Å². The molecule has 0 spiro atoms. The van der Waals surface area contributed by atoms with Crippen molar-refractivity contribution in [2.24, 2.45) is 5.10 Å². The number of hydrazone groups is 1. The van der Waals surface area contributed by atoms with Gasteiger partial charge in [-0.2, -0.15) is 0 Å². The Balaban J connectivity index is 1.67. The van der Waals surface area contributed by atoms with Gasteiger partial charge in [-0.1, -0.05) is 90.8 Å². The van der Waals surface area contributed by atoms with E-state index in [0.29, 0.717) is 24.4 Å². The van der Waals surface area contributed by atoms with Gasteiger partial charge < -0.3 is 10.4 Å². The monoisotopic (exact) mass is 460 g/mol. The Labute approximate surface area is 199 Å². The lowest BCUT2D eigenvalue weighted by Gasteiger charge is -2.20. The van der Waals surface area contributed by atoms with E-state index in [1.807, 2.05) is 0 Å². The van der Waals surface area contributed by atoms with Crippen LogP contribution in [0.5, 0.6) is 0 Å². The highest BCUT2D eigenvalue weighted by molar-refractivity contribution is 6.03. The van der Waals surface area contributed by atoms with E-state index in [0.717, 1.165) is 42.6 Å². The normalized spacial score (nSPS) is 13.7. The number of nitrogens with one attached hydrogen (secondary N) is 4. The van der Waals surface area contributed by atoms with Gasteiger partial charge in [0.2, 0.25) is 5.96 Å². The van der Waals surface area contributed by atoms with Gasteiger partial charge in [-0.25, -0.2) is 10.3 Å². The zero-order chi connectivity index (χ0) is 24.1. The summed E-state index contributed by atoms with van der Waals surface area (Å²) in [6, 6.07) is 5.88. The molecular weight excluding hydrogens is 416 g/mol. The summed E-state index contributed by atoms with van der Waals surface area (Å²) < 4.78 is 0. The van der Waals surface area contributed by atoms with E-state index in [2.05, 4.69) is 72.6 Å². The molecule has 0 saturated carbocycles. The van der Waals surface area contributed by atoms with Gasteiger partial charge in [-0.3, -0.25) is 10.7 Å². The molecule has 0 bridgehead atoms. The summed E-state index contributed by atoms with van der Waals surface area (Å²) in [6.07, 6.45) is 10.6. The molecule has 0 atom stereocenters. The van der Waals surface area contributed by atoms with Gasteiger partial charge in [0.25, 0.3) is 0 Å². The van der Waals surface area contributed by atoms with E-state index < -0.39 is 0 Å². The molecule has 8 nitrogen and oxygen atoms in total. The maximum Gasteiger partial charge on any atom is 0.326 e. The number of aliphatic hydroxyl groups excluding tert-OH is 1. The minimum absolute atomic E-state index is 0.307. The second kappa shape index (κ2) is 14.8. The van der Waals surface area contributed by atoms with Crippen LogP contribution >= 0.6 is 0 Å².